The Bertz CT molecular complexity index is 139. The van der Waals surface area contributed by atoms with Crippen molar-refractivity contribution in [2.75, 3.05) is 20.3 Å². The highest BCUT2D eigenvalue weighted by Gasteiger charge is 2.18. The molecule has 11 heavy (non-hydrogen) atoms. The predicted molar refractivity (Wildman–Crippen MR) is 48.0 cm³/mol. The second kappa shape index (κ2) is 4.78. The molecule has 1 rings (SSSR count). The molecule has 0 bridgehead atoms. The van der Waals surface area contributed by atoms with Crippen molar-refractivity contribution in [3.05, 3.63) is 0 Å². The molecule has 1 aliphatic heterocycles. The summed E-state index contributed by atoms with van der Waals surface area (Å²) in [7, 11) is 1.72. The molecule has 0 unspecified atom stereocenters. The Morgan fingerprint density at radius 3 is 2.64 bits per heavy atom. The van der Waals surface area contributed by atoms with Crippen molar-refractivity contribution in [3.63, 3.8) is 0 Å². The maximum absolute atomic E-state index is 5.25. The molecule has 1 saturated heterocycles. The topological polar surface area (TPSA) is 20.5 Å². The summed E-state index contributed by atoms with van der Waals surface area (Å²) in [5.41, 5.74) is 0. The van der Waals surface area contributed by atoms with Gasteiger partial charge < -0.3 is 4.74 Å². The molecule has 0 aromatic heterocycles. The van der Waals surface area contributed by atoms with Gasteiger partial charge in [-0.1, -0.05) is 0 Å². The third-order valence-electron chi connectivity index (χ3n) is 1.79. The van der Waals surface area contributed by atoms with E-state index in [1.807, 2.05) is 18.7 Å². The minimum Gasteiger partial charge on any atom is -0.381 e. The van der Waals surface area contributed by atoms with Crippen molar-refractivity contribution in [2.24, 2.45) is 0 Å². The lowest BCUT2D eigenvalue weighted by atomic mass is 10.2. The molecule has 0 atom stereocenters. The van der Waals surface area contributed by atoms with E-state index >= 15 is 0 Å². The zero-order chi connectivity index (χ0) is 8.10. The number of ether oxygens (including phenoxy) is 1. The Morgan fingerprint density at radius 1 is 1.45 bits per heavy atom. The Morgan fingerprint density at radius 2 is 2.09 bits per heavy atom. The van der Waals surface area contributed by atoms with E-state index in [9.17, 15) is 0 Å². The fraction of sp³-hybridized carbons (Fsp3) is 0.875. The van der Waals surface area contributed by atoms with E-state index in [0.717, 1.165) is 31.2 Å². The third-order valence-corrected chi connectivity index (χ3v) is 3.09. The van der Waals surface area contributed by atoms with Crippen molar-refractivity contribution < 1.29 is 9.16 Å². The molecule has 0 aromatic rings. The van der Waals surface area contributed by atoms with Gasteiger partial charge in [-0.2, -0.15) is 0 Å². The fourth-order valence-corrected chi connectivity index (χ4v) is 2.07. The fourth-order valence-electron chi connectivity index (χ4n) is 1.08. The van der Waals surface area contributed by atoms with Gasteiger partial charge in [0.15, 0.2) is 0 Å². The minimum absolute atomic E-state index is 0.712. The highest BCUT2D eigenvalue weighted by Crippen LogP contribution is 2.22. The van der Waals surface area contributed by atoms with Gasteiger partial charge in [0.1, 0.15) is 0 Å². The summed E-state index contributed by atoms with van der Waals surface area (Å²) < 4.78 is 10.3. The number of thioether (sulfide) groups is 1. The molecule has 1 heterocycles. The normalized spacial score (nSPS) is 22.2. The van der Waals surface area contributed by atoms with Crippen LogP contribution in [0.5, 0.6) is 0 Å². The van der Waals surface area contributed by atoms with Crippen LogP contribution in [0, 0.1) is 0 Å². The average Bonchev–Trinajstić information content (AvgIpc) is 2.06. The van der Waals surface area contributed by atoms with Gasteiger partial charge in [-0.3, -0.25) is 4.42 Å². The lowest BCUT2D eigenvalue weighted by Crippen LogP contribution is -2.18. The Kier molecular flexibility index (Phi) is 3.94. The zero-order valence-corrected chi connectivity index (χ0v) is 7.95. The van der Waals surface area contributed by atoms with Gasteiger partial charge in [-0.05, 0) is 24.6 Å². The van der Waals surface area contributed by atoms with Gasteiger partial charge in [-0.25, -0.2) is 0 Å². The van der Waals surface area contributed by atoms with E-state index in [0.29, 0.717) is 5.25 Å². The van der Waals surface area contributed by atoms with Crippen LogP contribution in [-0.4, -0.2) is 30.7 Å². The molecule has 0 amide bonds. The van der Waals surface area contributed by atoms with Gasteiger partial charge >= 0.3 is 5.12 Å². The summed E-state index contributed by atoms with van der Waals surface area (Å²) in [6, 6.07) is 0. The summed E-state index contributed by atoms with van der Waals surface area (Å²) in [4.78, 5) is 0. The van der Waals surface area contributed by atoms with Crippen LogP contribution in [0.25, 0.3) is 0 Å². The first kappa shape index (κ1) is 9.07. The van der Waals surface area contributed by atoms with E-state index in [1.165, 1.54) is 0 Å². The van der Waals surface area contributed by atoms with Crippen LogP contribution in [0.1, 0.15) is 19.8 Å². The average molecular weight is 175 g/mol. The van der Waals surface area contributed by atoms with Crippen LogP contribution in [0.2, 0.25) is 0 Å². The molecule has 1 fully saturated rings. The van der Waals surface area contributed by atoms with Crippen LogP contribution in [0.4, 0.5) is 0 Å². The second-order valence-corrected chi connectivity index (χ2v) is 4.10. The van der Waals surface area contributed by atoms with Gasteiger partial charge in [-0.15, -0.1) is 0 Å². The number of rotatable bonds is 1. The maximum Gasteiger partial charge on any atom is 0.351 e. The monoisotopic (exact) mass is 175 g/mol. The molecule has 3 heteroatoms. The second-order valence-electron chi connectivity index (χ2n) is 2.63. The van der Waals surface area contributed by atoms with E-state index in [4.69, 9.17) is 9.16 Å². The van der Waals surface area contributed by atoms with Crippen molar-refractivity contribution in [1.82, 2.24) is 0 Å². The van der Waals surface area contributed by atoms with Crippen molar-refractivity contribution >= 4 is 16.9 Å². The van der Waals surface area contributed by atoms with Gasteiger partial charge in [0.05, 0.1) is 6.92 Å². The molecule has 64 valence electrons. The summed E-state index contributed by atoms with van der Waals surface area (Å²) in [5.74, 6) is 0. The minimum atomic E-state index is 0.712. The highest BCUT2D eigenvalue weighted by molar-refractivity contribution is 8.14. The molecule has 0 spiro atoms. The van der Waals surface area contributed by atoms with Gasteiger partial charge in [0, 0.05) is 18.5 Å². The first-order chi connectivity index (χ1) is 5.33. The lowest BCUT2D eigenvalue weighted by Gasteiger charge is -2.18. The van der Waals surface area contributed by atoms with Crippen molar-refractivity contribution in [1.29, 1.82) is 0 Å². The van der Waals surface area contributed by atoms with Gasteiger partial charge in [0.2, 0.25) is 0 Å². The highest BCUT2D eigenvalue weighted by atomic mass is 32.2. The van der Waals surface area contributed by atoms with Crippen LogP contribution in [0.15, 0.2) is 0 Å². The third kappa shape index (κ3) is 3.25. The molecule has 2 nitrogen and oxygen atoms in total. The SMILES string of the molecule is C[O+]=C(C)SC1CCOCC1. The summed E-state index contributed by atoms with van der Waals surface area (Å²) in [6.07, 6.45) is 2.32. The number of hydrogen-bond acceptors (Lipinski definition) is 2. The summed E-state index contributed by atoms with van der Waals surface area (Å²) >= 11 is 1.83. The van der Waals surface area contributed by atoms with E-state index in [2.05, 4.69) is 0 Å². The first-order valence-corrected chi connectivity index (χ1v) is 4.83. The number of hydrogen-bond donors (Lipinski definition) is 0. The predicted octanol–water partition coefficient (Wildman–Crippen LogP) is 1.61. The van der Waals surface area contributed by atoms with Crippen molar-refractivity contribution in [3.8, 4) is 0 Å². The lowest BCUT2D eigenvalue weighted by molar-refractivity contribution is -0.416. The smallest absolute Gasteiger partial charge is 0.351 e. The molecule has 0 aromatic carbocycles. The first-order valence-electron chi connectivity index (χ1n) is 3.95. The van der Waals surface area contributed by atoms with Crippen LogP contribution < -0.4 is 0 Å². The summed E-state index contributed by atoms with van der Waals surface area (Å²) in [5, 5.41) is 1.78. The molecule has 0 aliphatic carbocycles. The van der Waals surface area contributed by atoms with Crippen LogP contribution in [-0.2, 0) is 9.16 Å². The Hall–Kier alpha value is -0.0200. The molecular weight excluding hydrogens is 160 g/mol. The number of carbonyl (C=O) groups excluding carboxylic acids is 1. The molecular formula is C8H15O2S+. The Balaban J connectivity index is 2.24. The molecule has 0 saturated carbocycles. The van der Waals surface area contributed by atoms with E-state index < -0.39 is 0 Å². The van der Waals surface area contributed by atoms with E-state index in [1.54, 1.807) is 7.11 Å². The standard InChI is InChI=1S/C8H15O2S/c1-7(9-2)11-8-3-5-10-6-4-8/h8H,3-6H2,1-2H3/q+1. The van der Waals surface area contributed by atoms with Crippen LogP contribution >= 0.6 is 11.8 Å². The maximum atomic E-state index is 5.25. The molecule has 0 radical (unpaired) electrons. The largest absolute Gasteiger partial charge is 0.381 e. The zero-order valence-electron chi connectivity index (χ0n) is 7.13. The quantitative estimate of drug-likeness (QED) is 0.564. The van der Waals surface area contributed by atoms with Crippen LogP contribution in [0.3, 0.4) is 0 Å². The van der Waals surface area contributed by atoms with E-state index in [-0.39, 0.29) is 0 Å². The van der Waals surface area contributed by atoms with Gasteiger partial charge in [0.25, 0.3) is 7.11 Å². The Labute approximate surface area is 72.0 Å². The molecule has 0 N–H and O–H groups in total. The van der Waals surface area contributed by atoms with Crippen molar-refractivity contribution in [2.45, 2.75) is 25.0 Å². The summed E-state index contributed by atoms with van der Waals surface area (Å²) in [6.45, 7) is 3.84. The molecule has 1 aliphatic rings.